The minimum absolute atomic E-state index is 0.168. The molecule has 0 saturated heterocycles. The molecule has 2 aromatic heterocycles. The van der Waals surface area contributed by atoms with E-state index in [0.29, 0.717) is 22.9 Å². The van der Waals surface area contributed by atoms with Crippen molar-refractivity contribution in [1.82, 2.24) is 20.1 Å². The molecule has 0 saturated carbocycles. The molecule has 0 unspecified atom stereocenters. The third kappa shape index (κ3) is 2.71. The summed E-state index contributed by atoms with van der Waals surface area (Å²) >= 11 is 0. The summed E-state index contributed by atoms with van der Waals surface area (Å²) in [6.45, 7) is 1.71. The van der Waals surface area contributed by atoms with E-state index in [9.17, 15) is 4.39 Å². The fourth-order valence-corrected chi connectivity index (χ4v) is 1.87. The van der Waals surface area contributed by atoms with Gasteiger partial charge in [0.25, 0.3) is 5.89 Å². The van der Waals surface area contributed by atoms with Gasteiger partial charge in [-0.3, -0.25) is 0 Å². The Labute approximate surface area is 125 Å². The first-order chi connectivity index (χ1) is 10.7. The topological polar surface area (TPSA) is 86.0 Å². The number of aryl methyl sites for hydroxylation is 1. The van der Waals surface area contributed by atoms with Crippen LogP contribution in [0, 0.1) is 12.7 Å². The zero-order chi connectivity index (χ0) is 15.5. The van der Waals surface area contributed by atoms with E-state index in [4.69, 9.17) is 9.26 Å². The van der Waals surface area contributed by atoms with Crippen LogP contribution in [0.4, 0.5) is 15.9 Å². The first kappa shape index (κ1) is 13.9. The molecule has 0 bridgehead atoms. The first-order valence-electron chi connectivity index (χ1n) is 6.38. The van der Waals surface area contributed by atoms with Crippen molar-refractivity contribution in [2.45, 2.75) is 6.92 Å². The normalized spacial score (nSPS) is 10.5. The van der Waals surface area contributed by atoms with E-state index in [1.165, 1.54) is 25.6 Å². The van der Waals surface area contributed by atoms with Gasteiger partial charge >= 0.3 is 0 Å². The lowest BCUT2D eigenvalue weighted by atomic mass is 10.2. The van der Waals surface area contributed by atoms with E-state index < -0.39 is 5.82 Å². The minimum Gasteiger partial charge on any atom is -0.494 e. The lowest BCUT2D eigenvalue weighted by Crippen LogP contribution is -1.98. The lowest BCUT2D eigenvalue weighted by Gasteiger charge is -2.09. The molecule has 112 valence electrons. The number of ether oxygens (including phenoxy) is 1. The summed E-state index contributed by atoms with van der Waals surface area (Å²) in [6, 6.07) is 4.51. The number of benzene rings is 1. The molecule has 3 aromatic rings. The summed E-state index contributed by atoms with van der Waals surface area (Å²) in [4.78, 5) is 12.2. The maximum atomic E-state index is 13.7. The second-order valence-electron chi connectivity index (χ2n) is 4.41. The predicted molar refractivity (Wildman–Crippen MR) is 76.3 cm³/mol. The van der Waals surface area contributed by atoms with Crippen molar-refractivity contribution in [1.29, 1.82) is 0 Å². The molecular formula is C14H12FN5O2. The van der Waals surface area contributed by atoms with Crippen LogP contribution in [0.5, 0.6) is 5.75 Å². The zero-order valence-electron chi connectivity index (χ0n) is 11.9. The number of nitrogens with zero attached hydrogens (tertiary/aromatic N) is 4. The standard InChI is InChI=1S/C14H12FN5O2/c1-8-18-14(22-20-8)10-6-16-7-17-13(10)19-9-3-4-12(21-2)11(15)5-9/h3-7H,1-2H3,(H,16,17,19). The molecule has 0 aliphatic heterocycles. The molecule has 0 fully saturated rings. The highest BCUT2D eigenvalue weighted by Crippen LogP contribution is 2.28. The molecule has 0 aliphatic rings. The summed E-state index contributed by atoms with van der Waals surface area (Å²) < 4.78 is 23.7. The van der Waals surface area contributed by atoms with Gasteiger partial charge in [-0.15, -0.1) is 0 Å². The number of aromatic nitrogens is 4. The molecule has 0 spiro atoms. The summed E-state index contributed by atoms with van der Waals surface area (Å²) in [5, 5.41) is 6.73. The van der Waals surface area contributed by atoms with Crippen LogP contribution in [-0.2, 0) is 0 Å². The summed E-state index contributed by atoms with van der Waals surface area (Å²) in [6.07, 6.45) is 2.91. The van der Waals surface area contributed by atoms with Gasteiger partial charge < -0.3 is 14.6 Å². The Morgan fingerprint density at radius 1 is 1.32 bits per heavy atom. The molecule has 0 aliphatic carbocycles. The fourth-order valence-electron chi connectivity index (χ4n) is 1.87. The van der Waals surface area contributed by atoms with E-state index in [0.717, 1.165) is 0 Å². The smallest absolute Gasteiger partial charge is 0.263 e. The quantitative estimate of drug-likeness (QED) is 0.792. The highest BCUT2D eigenvalue weighted by atomic mass is 19.1. The van der Waals surface area contributed by atoms with Gasteiger partial charge in [0, 0.05) is 18.0 Å². The fraction of sp³-hybridized carbons (Fsp3) is 0.143. The third-order valence-electron chi connectivity index (χ3n) is 2.88. The average Bonchev–Trinajstić information content (AvgIpc) is 2.94. The molecule has 2 heterocycles. The Morgan fingerprint density at radius 3 is 2.86 bits per heavy atom. The van der Waals surface area contributed by atoms with Crippen LogP contribution in [-0.4, -0.2) is 27.2 Å². The number of rotatable bonds is 4. The first-order valence-corrected chi connectivity index (χ1v) is 6.38. The van der Waals surface area contributed by atoms with E-state index in [2.05, 4.69) is 25.4 Å². The summed E-state index contributed by atoms with van der Waals surface area (Å²) in [5.41, 5.74) is 1.04. The Morgan fingerprint density at radius 2 is 2.18 bits per heavy atom. The number of anilines is 2. The van der Waals surface area contributed by atoms with Gasteiger partial charge in [0.1, 0.15) is 17.7 Å². The van der Waals surface area contributed by atoms with Gasteiger partial charge in [0.2, 0.25) is 0 Å². The number of nitrogens with one attached hydrogen (secondary N) is 1. The van der Waals surface area contributed by atoms with Gasteiger partial charge in [0.15, 0.2) is 17.4 Å². The van der Waals surface area contributed by atoms with Crippen molar-refractivity contribution in [2.24, 2.45) is 0 Å². The van der Waals surface area contributed by atoms with Crippen LogP contribution in [0.3, 0.4) is 0 Å². The highest BCUT2D eigenvalue weighted by Gasteiger charge is 2.14. The van der Waals surface area contributed by atoms with Crippen molar-refractivity contribution in [3.63, 3.8) is 0 Å². The van der Waals surface area contributed by atoms with Crippen molar-refractivity contribution in [2.75, 3.05) is 12.4 Å². The largest absolute Gasteiger partial charge is 0.494 e. The molecule has 3 rings (SSSR count). The number of methoxy groups -OCH3 is 1. The van der Waals surface area contributed by atoms with Gasteiger partial charge in [-0.2, -0.15) is 4.98 Å². The van der Waals surface area contributed by atoms with Gasteiger partial charge in [-0.1, -0.05) is 5.16 Å². The molecule has 1 aromatic carbocycles. The number of hydrogen-bond acceptors (Lipinski definition) is 7. The Kier molecular flexibility index (Phi) is 3.65. The SMILES string of the molecule is COc1ccc(Nc2ncncc2-c2nc(C)no2)cc1F. The molecule has 7 nitrogen and oxygen atoms in total. The van der Waals surface area contributed by atoms with Crippen LogP contribution in [0.25, 0.3) is 11.5 Å². The van der Waals surface area contributed by atoms with Gasteiger partial charge in [-0.05, 0) is 19.1 Å². The maximum absolute atomic E-state index is 13.7. The van der Waals surface area contributed by atoms with Crippen LogP contribution in [0.2, 0.25) is 0 Å². The van der Waals surface area contributed by atoms with Crippen molar-refractivity contribution in [3.8, 4) is 17.2 Å². The van der Waals surface area contributed by atoms with Crippen molar-refractivity contribution >= 4 is 11.5 Å². The van der Waals surface area contributed by atoms with Gasteiger partial charge in [-0.25, -0.2) is 14.4 Å². The second kappa shape index (κ2) is 5.76. The van der Waals surface area contributed by atoms with E-state index in [1.54, 1.807) is 19.2 Å². The Hall–Kier alpha value is -3.03. The molecule has 22 heavy (non-hydrogen) atoms. The summed E-state index contributed by atoms with van der Waals surface area (Å²) in [5.74, 6) is 0.913. The number of hydrogen-bond donors (Lipinski definition) is 1. The second-order valence-corrected chi connectivity index (χ2v) is 4.41. The average molecular weight is 301 g/mol. The van der Waals surface area contributed by atoms with E-state index >= 15 is 0 Å². The van der Waals surface area contributed by atoms with Crippen LogP contribution >= 0.6 is 0 Å². The Balaban J connectivity index is 1.94. The van der Waals surface area contributed by atoms with Crippen molar-refractivity contribution in [3.05, 3.63) is 42.4 Å². The van der Waals surface area contributed by atoms with Crippen LogP contribution in [0.15, 0.2) is 35.2 Å². The van der Waals surface area contributed by atoms with Crippen LogP contribution in [0.1, 0.15) is 5.82 Å². The van der Waals surface area contributed by atoms with Crippen LogP contribution < -0.4 is 10.1 Å². The number of halogens is 1. The molecule has 0 amide bonds. The molecule has 0 radical (unpaired) electrons. The Bertz CT molecular complexity index is 805. The maximum Gasteiger partial charge on any atom is 0.263 e. The monoisotopic (exact) mass is 301 g/mol. The predicted octanol–water partition coefficient (Wildman–Crippen LogP) is 2.73. The van der Waals surface area contributed by atoms with Crippen molar-refractivity contribution < 1.29 is 13.7 Å². The summed E-state index contributed by atoms with van der Waals surface area (Å²) in [7, 11) is 1.41. The zero-order valence-corrected chi connectivity index (χ0v) is 11.9. The molecule has 1 N–H and O–H groups in total. The molecule has 8 heteroatoms. The molecule has 0 atom stereocenters. The molecular weight excluding hydrogens is 289 g/mol. The highest BCUT2D eigenvalue weighted by molar-refractivity contribution is 5.72. The van der Waals surface area contributed by atoms with Gasteiger partial charge in [0.05, 0.1) is 7.11 Å². The minimum atomic E-state index is -0.475. The third-order valence-corrected chi connectivity index (χ3v) is 2.88. The lowest BCUT2D eigenvalue weighted by molar-refractivity contribution is 0.386. The van der Waals surface area contributed by atoms with E-state index in [1.807, 2.05) is 0 Å². The van der Waals surface area contributed by atoms with E-state index in [-0.39, 0.29) is 11.6 Å².